The zero-order valence-corrected chi connectivity index (χ0v) is 30.2. The van der Waals surface area contributed by atoms with Gasteiger partial charge in [-0.3, -0.25) is 23.9 Å². The van der Waals surface area contributed by atoms with E-state index >= 15 is 0 Å². The normalized spacial score (nSPS) is 26.3. The summed E-state index contributed by atoms with van der Waals surface area (Å²) in [6.45, 7) is 1.10. The predicted octanol–water partition coefficient (Wildman–Crippen LogP) is 3.23. The van der Waals surface area contributed by atoms with Crippen molar-refractivity contribution in [3.8, 4) is 5.88 Å². The Balaban J connectivity index is 1.22. The number of benzene rings is 1. The Morgan fingerprint density at radius 3 is 2.56 bits per heavy atom. The van der Waals surface area contributed by atoms with E-state index in [-0.39, 0.29) is 29.6 Å². The van der Waals surface area contributed by atoms with Crippen molar-refractivity contribution in [2.75, 3.05) is 6.54 Å². The first-order chi connectivity index (χ1) is 26.0. The molecule has 1 aromatic carbocycles. The molecule has 7 rings (SSSR count). The summed E-state index contributed by atoms with van der Waals surface area (Å²) in [7, 11) is -4.01. The van der Waals surface area contributed by atoms with Gasteiger partial charge in [-0.2, -0.15) is 13.2 Å². The highest BCUT2D eigenvalue weighted by atomic mass is 32.2. The van der Waals surface area contributed by atoms with Crippen molar-refractivity contribution in [3.63, 3.8) is 0 Å². The van der Waals surface area contributed by atoms with Gasteiger partial charge in [0.05, 0.1) is 22.8 Å². The van der Waals surface area contributed by atoms with Gasteiger partial charge in [-0.1, -0.05) is 30.2 Å². The first-order valence-electron chi connectivity index (χ1n) is 17.8. The molecule has 3 N–H and O–H groups in total. The number of hydrogen-bond acceptors (Lipinski definition) is 11. The van der Waals surface area contributed by atoms with Crippen LogP contribution in [0.5, 0.6) is 5.88 Å². The maximum Gasteiger partial charge on any atom is 0.438 e. The molecule has 3 fully saturated rings. The molecule has 2 saturated carbocycles. The first kappa shape index (κ1) is 38.1. The van der Waals surface area contributed by atoms with Crippen LogP contribution in [0.3, 0.4) is 0 Å². The van der Waals surface area contributed by atoms with Crippen LogP contribution in [-0.2, 0) is 30.6 Å². The van der Waals surface area contributed by atoms with Crippen LogP contribution >= 0.6 is 0 Å². The van der Waals surface area contributed by atoms with Crippen LogP contribution < -0.4 is 20.1 Å². The Hall–Kier alpha value is -5.14. The van der Waals surface area contributed by atoms with Crippen molar-refractivity contribution in [2.45, 2.75) is 99.9 Å². The van der Waals surface area contributed by atoms with Crippen LogP contribution in [0.15, 0.2) is 40.9 Å². The lowest BCUT2D eigenvalue weighted by Crippen LogP contribution is -2.58. The molecule has 2 aliphatic heterocycles. The summed E-state index contributed by atoms with van der Waals surface area (Å²) in [5, 5.41) is 8.28. The number of ether oxygens (including phenoxy) is 1. The second kappa shape index (κ2) is 14.5. The fourth-order valence-electron chi connectivity index (χ4n) is 6.99. The summed E-state index contributed by atoms with van der Waals surface area (Å²) in [5.41, 5.74) is -3.81. The minimum atomic E-state index is -5.06. The van der Waals surface area contributed by atoms with E-state index in [0.29, 0.717) is 44.3 Å². The molecule has 4 heterocycles. The standard InChI is InChI=1S/C35H37F4N7O8S/c1-18-13-26(44-54-18)29(47)41-24-8-6-4-2-3-5-7-19-16-34(19,33(50)45-55(51,52)22-10-11-22)43-30(48)27-15-21(17-46(27)32(24)49)53-31-28(35(37,38)39)40-23-12-9-20(36)14-25(23)42-31/h5,7,9,12-14,19,21-22,24,27H,2-4,6,8,10-11,15-17H2,1H3,(H,41,47)(H,43,48)(H,45,50)/t19-,21-,24+,27+,34-/m1/s1. The number of amides is 4. The lowest BCUT2D eigenvalue weighted by molar-refractivity contribution is -0.143. The number of hydrogen-bond donors (Lipinski definition) is 3. The zero-order chi connectivity index (χ0) is 39.3. The molecule has 1 saturated heterocycles. The molecule has 2 aliphatic carbocycles. The maximum absolute atomic E-state index is 14.4. The minimum absolute atomic E-state index is 0.0514. The Bertz CT molecular complexity index is 2180. The Morgan fingerprint density at radius 1 is 1.07 bits per heavy atom. The lowest BCUT2D eigenvalue weighted by atomic mass is 10.0. The highest BCUT2D eigenvalue weighted by Gasteiger charge is 2.62. The summed E-state index contributed by atoms with van der Waals surface area (Å²) in [6, 6.07) is 1.50. The van der Waals surface area contributed by atoms with E-state index in [1.54, 1.807) is 13.0 Å². The zero-order valence-electron chi connectivity index (χ0n) is 29.4. The fraction of sp³-hybridized carbons (Fsp3) is 0.514. The van der Waals surface area contributed by atoms with Crippen LogP contribution in [0.25, 0.3) is 11.0 Å². The molecular weight excluding hydrogens is 754 g/mol. The first-order valence-corrected chi connectivity index (χ1v) is 19.4. The number of aromatic nitrogens is 3. The van der Waals surface area contributed by atoms with E-state index < -0.39 is 105 Å². The van der Waals surface area contributed by atoms with Gasteiger partial charge >= 0.3 is 6.18 Å². The molecule has 4 amide bonds. The van der Waals surface area contributed by atoms with Gasteiger partial charge in [-0.05, 0) is 57.6 Å². The lowest BCUT2D eigenvalue weighted by Gasteiger charge is -2.29. The molecule has 0 radical (unpaired) electrons. The predicted molar refractivity (Wildman–Crippen MR) is 183 cm³/mol. The summed E-state index contributed by atoms with van der Waals surface area (Å²) in [4.78, 5) is 64.1. The van der Waals surface area contributed by atoms with Gasteiger partial charge in [0.15, 0.2) is 5.69 Å². The van der Waals surface area contributed by atoms with Crippen LogP contribution in [0.2, 0.25) is 0 Å². The Labute approximate surface area is 311 Å². The SMILES string of the molecule is Cc1cc(C(=O)N[C@H]2CCCCCC=C[C@@H]3C[C@@]3(C(=O)NS(=O)(=O)C3CC3)NC(=O)[C@@H]3C[C@@H](Oc4nc5cc(F)ccc5nc4C(F)(F)F)CN3C2=O)no1. The number of carbonyl (C=O) groups excluding carboxylic acids is 4. The molecule has 0 spiro atoms. The van der Waals surface area contributed by atoms with Crippen molar-refractivity contribution >= 4 is 44.7 Å². The average molecular weight is 792 g/mol. The number of nitrogens with one attached hydrogen (secondary N) is 3. The maximum atomic E-state index is 14.4. The molecule has 0 bridgehead atoms. The number of carbonyl (C=O) groups is 4. The van der Waals surface area contributed by atoms with E-state index in [1.807, 2.05) is 6.08 Å². The highest BCUT2D eigenvalue weighted by Crippen LogP contribution is 2.46. The molecule has 3 aromatic rings. The largest absolute Gasteiger partial charge is 0.471 e. The number of allylic oxidation sites excluding steroid dienone is 1. The van der Waals surface area contributed by atoms with Gasteiger partial charge in [0.1, 0.15) is 35.3 Å². The molecule has 0 unspecified atom stereocenters. The highest BCUT2D eigenvalue weighted by molar-refractivity contribution is 7.91. The number of alkyl halides is 3. The molecule has 5 atom stereocenters. The van der Waals surface area contributed by atoms with Crippen LogP contribution in [0.4, 0.5) is 17.6 Å². The van der Waals surface area contributed by atoms with Crippen LogP contribution in [-0.4, -0.2) is 87.6 Å². The van der Waals surface area contributed by atoms with Gasteiger partial charge < -0.3 is 24.8 Å². The number of fused-ring (bicyclic) bond motifs is 3. The number of sulfonamides is 1. The number of nitrogens with zero attached hydrogens (tertiary/aromatic N) is 4. The number of rotatable bonds is 7. The van der Waals surface area contributed by atoms with E-state index in [9.17, 15) is 45.2 Å². The summed E-state index contributed by atoms with van der Waals surface area (Å²) in [6.07, 6.45) is 0.0512. The summed E-state index contributed by atoms with van der Waals surface area (Å²) >= 11 is 0. The van der Waals surface area contributed by atoms with Crippen molar-refractivity contribution in [3.05, 3.63) is 59.4 Å². The smallest absolute Gasteiger partial charge is 0.438 e. The van der Waals surface area contributed by atoms with Crippen LogP contribution in [0, 0.1) is 18.7 Å². The number of halogens is 4. The molecular formula is C35H37F4N7O8S. The Kier molecular flexibility index (Phi) is 10.1. The van der Waals surface area contributed by atoms with E-state index in [1.165, 1.54) is 6.07 Å². The second-order valence-electron chi connectivity index (χ2n) is 14.4. The van der Waals surface area contributed by atoms with Crippen molar-refractivity contribution in [2.24, 2.45) is 5.92 Å². The fourth-order valence-corrected chi connectivity index (χ4v) is 8.35. The molecule has 4 aliphatic rings. The van der Waals surface area contributed by atoms with Crippen molar-refractivity contribution in [1.29, 1.82) is 0 Å². The molecule has 20 heteroatoms. The molecule has 2 aromatic heterocycles. The van der Waals surface area contributed by atoms with Crippen molar-refractivity contribution < 1.29 is 54.4 Å². The van der Waals surface area contributed by atoms with E-state index in [2.05, 4.69) is 30.5 Å². The number of aryl methyl sites for hydroxylation is 1. The topological polar surface area (TPSA) is 203 Å². The summed E-state index contributed by atoms with van der Waals surface area (Å²) in [5.74, 6) is -5.40. The molecule has 294 valence electrons. The van der Waals surface area contributed by atoms with Crippen LogP contribution in [0.1, 0.15) is 79.7 Å². The third-order valence-corrected chi connectivity index (χ3v) is 12.0. The van der Waals surface area contributed by atoms with Gasteiger partial charge in [-0.15, -0.1) is 0 Å². The van der Waals surface area contributed by atoms with Gasteiger partial charge in [-0.25, -0.2) is 22.8 Å². The quantitative estimate of drug-likeness (QED) is 0.234. The summed E-state index contributed by atoms with van der Waals surface area (Å²) < 4.78 is 95.2. The Morgan fingerprint density at radius 2 is 1.85 bits per heavy atom. The second-order valence-corrected chi connectivity index (χ2v) is 16.3. The monoisotopic (exact) mass is 791 g/mol. The van der Waals surface area contributed by atoms with Crippen molar-refractivity contribution in [1.82, 2.24) is 35.4 Å². The van der Waals surface area contributed by atoms with Gasteiger partial charge in [0.2, 0.25) is 33.4 Å². The van der Waals surface area contributed by atoms with Gasteiger partial charge in [0.25, 0.3) is 11.8 Å². The van der Waals surface area contributed by atoms with E-state index in [4.69, 9.17) is 9.26 Å². The third kappa shape index (κ3) is 8.13. The minimum Gasteiger partial charge on any atom is -0.471 e. The molecule has 15 nitrogen and oxygen atoms in total. The third-order valence-electron chi connectivity index (χ3n) is 10.1. The molecule has 55 heavy (non-hydrogen) atoms. The van der Waals surface area contributed by atoms with Gasteiger partial charge in [0, 0.05) is 24.5 Å². The van der Waals surface area contributed by atoms with E-state index in [0.717, 1.165) is 23.1 Å². The average Bonchev–Trinajstić information content (AvgIpc) is 4.01.